The lowest BCUT2D eigenvalue weighted by Gasteiger charge is -2.39. The fourth-order valence-corrected chi connectivity index (χ4v) is 6.76. The molecule has 0 spiro atoms. The van der Waals surface area contributed by atoms with E-state index in [4.69, 9.17) is 24.9 Å². The van der Waals surface area contributed by atoms with Gasteiger partial charge in [-0.05, 0) is 62.8 Å². The zero-order valence-electron chi connectivity index (χ0n) is 27.2. The highest BCUT2D eigenvalue weighted by molar-refractivity contribution is 6.15. The average Bonchev–Trinajstić information content (AvgIpc) is 3.08. The second-order valence-corrected chi connectivity index (χ2v) is 12.2. The number of methoxy groups -OCH3 is 2. The number of hydrogen-bond donors (Lipinski definition) is 1. The van der Waals surface area contributed by atoms with Gasteiger partial charge in [0.2, 0.25) is 0 Å². The minimum atomic E-state index is -0.357. The van der Waals surface area contributed by atoms with Gasteiger partial charge >= 0.3 is 0 Å². The molecule has 10 heteroatoms. The molecule has 2 N–H and O–H groups in total. The molecule has 0 aromatic heterocycles. The van der Waals surface area contributed by atoms with Gasteiger partial charge in [0, 0.05) is 67.4 Å². The molecule has 46 heavy (non-hydrogen) atoms. The standard InChI is InChI=1S/C36H44N6O4/c1-5-46-33-20-27-28(21-32(33)45-4)34(38-30-14-15-40(2)23-29(27)30)24-10-12-25(13-11-24)35(43)39-36(37)42-18-16-41(17-19-42)22-26-8-6-7-9-31(26)44-3/h6-13,20-21,29-30H,5,14-19,22-23H2,1-4H3,(H2,37,39,43). The lowest BCUT2D eigenvalue weighted by molar-refractivity contribution is 0.0999. The molecule has 3 aliphatic heterocycles. The largest absolute Gasteiger partial charge is 0.496 e. The van der Waals surface area contributed by atoms with Crippen molar-refractivity contribution < 1.29 is 19.0 Å². The number of amides is 1. The molecule has 2 fully saturated rings. The third kappa shape index (κ3) is 6.59. The van der Waals surface area contributed by atoms with E-state index in [0.29, 0.717) is 31.0 Å². The molecule has 0 aliphatic carbocycles. The highest BCUT2D eigenvalue weighted by atomic mass is 16.5. The second kappa shape index (κ2) is 13.9. The van der Waals surface area contributed by atoms with Gasteiger partial charge in [0.1, 0.15) is 5.75 Å². The van der Waals surface area contributed by atoms with Crippen LogP contribution in [0.5, 0.6) is 17.2 Å². The Hall–Kier alpha value is -4.41. The van der Waals surface area contributed by atoms with E-state index in [0.717, 1.165) is 73.0 Å². The van der Waals surface area contributed by atoms with E-state index in [1.807, 2.05) is 60.4 Å². The maximum atomic E-state index is 13.2. The Morgan fingerprint density at radius 2 is 1.70 bits per heavy atom. The van der Waals surface area contributed by atoms with Gasteiger partial charge in [-0.3, -0.25) is 14.7 Å². The molecule has 6 rings (SSSR count). The molecule has 0 saturated carbocycles. The van der Waals surface area contributed by atoms with Crippen LogP contribution in [0, 0.1) is 0 Å². The summed E-state index contributed by atoms with van der Waals surface area (Å²) in [4.78, 5) is 29.4. The van der Waals surface area contributed by atoms with Crippen molar-refractivity contribution >= 4 is 17.6 Å². The van der Waals surface area contributed by atoms with Crippen LogP contribution in [0.3, 0.4) is 0 Å². The number of para-hydroxylation sites is 1. The van der Waals surface area contributed by atoms with Crippen LogP contribution in [0.1, 0.15) is 51.9 Å². The summed E-state index contributed by atoms with van der Waals surface area (Å²) in [6, 6.07) is 20.0. The van der Waals surface area contributed by atoms with Gasteiger partial charge in [0.15, 0.2) is 17.5 Å². The van der Waals surface area contributed by atoms with E-state index in [9.17, 15) is 4.79 Å². The number of piperazine rings is 1. The number of benzene rings is 3. The molecule has 2 saturated heterocycles. The normalized spacial score (nSPS) is 20.4. The fourth-order valence-electron chi connectivity index (χ4n) is 6.76. The van der Waals surface area contributed by atoms with Crippen LogP contribution in [0.4, 0.5) is 0 Å². The number of aliphatic imine (C=N–C) groups is 2. The molecule has 242 valence electrons. The maximum absolute atomic E-state index is 13.2. The Bertz CT molecular complexity index is 1610. The van der Waals surface area contributed by atoms with Crippen LogP contribution < -0.4 is 19.9 Å². The van der Waals surface area contributed by atoms with Crippen molar-refractivity contribution in [1.29, 1.82) is 0 Å². The first-order chi connectivity index (χ1) is 22.4. The predicted molar refractivity (Wildman–Crippen MR) is 181 cm³/mol. The molecule has 3 aromatic rings. The third-order valence-electron chi connectivity index (χ3n) is 9.27. The third-order valence-corrected chi connectivity index (χ3v) is 9.27. The van der Waals surface area contributed by atoms with E-state index in [-0.39, 0.29) is 23.8 Å². The van der Waals surface area contributed by atoms with Gasteiger partial charge < -0.3 is 29.7 Å². The van der Waals surface area contributed by atoms with Crippen molar-refractivity contribution in [2.75, 3.05) is 67.1 Å². The lowest BCUT2D eigenvalue weighted by atomic mass is 9.79. The van der Waals surface area contributed by atoms with Crippen LogP contribution >= 0.6 is 0 Å². The second-order valence-electron chi connectivity index (χ2n) is 12.2. The Labute approximate surface area is 271 Å². The summed E-state index contributed by atoms with van der Waals surface area (Å²) in [6.45, 7) is 8.31. The molecule has 0 bridgehead atoms. The highest BCUT2D eigenvalue weighted by Crippen LogP contribution is 2.42. The average molecular weight is 625 g/mol. The molecule has 1 amide bonds. The number of nitrogens with zero attached hydrogens (tertiary/aromatic N) is 5. The van der Waals surface area contributed by atoms with Gasteiger partial charge in [-0.2, -0.15) is 4.99 Å². The molecule has 10 nitrogen and oxygen atoms in total. The van der Waals surface area contributed by atoms with Crippen LogP contribution in [0.2, 0.25) is 0 Å². The van der Waals surface area contributed by atoms with E-state index in [2.05, 4.69) is 34.0 Å². The Kier molecular flexibility index (Phi) is 9.56. The predicted octanol–water partition coefficient (Wildman–Crippen LogP) is 4.01. The summed E-state index contributed by atoms with van der Waals surface area (Å²) >= 11 is 0. The molecule has 3 aliphatic rings. The number of nitrogens with two attached hydrogens (primary N) is 1. The Balaban J connectivity index is 1.16. The smallest absolute Gasteiger partial charge is 0.280 e. The molecule has 0 radical (unpaired) electrons. The number of carbonyl (C=O) groups is 1. The van der Waals surface area contributed by atoms with Crippen molar-refractivity contribution in [3.8, 4) is 17.2 Å². The quantitative estimate of drug-likeness (QED) is 0.296. The minimum absolute atomic E-state index is 0.183. The topological polar surface area (TPSA) is 105 Å². The Morgan fingerprint density at radius 3 is 2.41 bits per heavy atom. The van der Waals surface area contributed by atoms with E-state index in [1.165, 1.54) is 5.56 Å². The summed E-state index contributed by atoms with van der Waals surface area (Å²) in [7, 11) is 5.52. The number of guanidine groups is 1. The summed E-state index contributed by atoms with van der Waals surface area (Å²) in [5.41, 5.74) is 12.1. The number of carbonyl (C=O) groups excluding carboxylic acids is 1. The number of rotatable bonds is 8. The highest BCUT2D eigenvalue weighted by Gasteiger charge is 2.36. The number of likely N-dealkylation sites (tertiary alicyclic amines) is 1. The first kappa shape index (κ1) is 31.6. The van der Waals surface area contributed by atoms with Crippen molar-refractivity contribution in [1.82, 2.24) is 14.7 Å². The Morgan fingerprint density at radius 1 is 0.957 bits per heavy atom. The minimum Gasteiger partial charge on any atom is -0.496 e. The maximum Gasteiger partial charge on any atom is 0.280 e. The number of piperidine rings is 1. The SMILES string of the molecule is CCOc1cc2c(cc1OC)C(c1ccc(C(=O)N=C(N)N3CCN(Cc4ccccc4OC)CC3)cc1)=NC1CCN(C)CC21. The summed E-state index contributed by atoms with van der Waals surface area (Å²) in [5.74, 6) is 2.51. The zero-order valence-corrected chi connectivity index (χ0v) is 27.2. The van der Waals surface area contributed by atoms with Crippen molar-refractivity contribution in [3.63, 3.8) is 0 Å². The van der Waals surface area contributed by atoms with Gasteiger partial charge in [0.25, 0.3) is 5.91 Å². The van der Waals surface area contributed by atoms with Crippen molar-refractivity contribution in [2.45, 2.75) is 31.8 Å². The monoisotopic (exact) mass is 624 g/mol. The molecule has 2 unspecified atom stereocenters. The van der Waals surface area contributed by atoms with Gasteiger partial charge in [0.05, 0.1) is 32.6 Å². The summed E-state index contributed by atoms with van der Waals surface area (Å²) in [5, 5.41) is 0. The van der Waals surface area contributed by atoms with Gasteiger partial charge in [-0.15, -0.1) is 0 Å². The van der Waals surface area contributed by atoms with Crippen LogP contribution in [-0.2, 0) is 6.54 Å². The number of fused-ring (bicyclic) bond motifs is 3. The summed E-state index contributed by atoms with van der Waals surface area (Å²) in [6.07, 6.45) is 0.985. The number of likely N-dealkylation sites (N-methyl/N-ethyl adjacent to an activating group) is 1. The van der Waals surface area contributed by atoms with Crippen molar-refractivity contribution in [3.05, 3.63) is 88.5 Å². The van der Waals surface area contributed by atoms with Crippen LogP contribution in [0.25, 0.3) is 0 Å². The van der Waals surface area contributed by atoms with Gasteiger partial charge in [-0.25, -0.2) is 0 Å². The van der Waals surface area contributed by atoms with Crippen LogP contribution in [0.15, 0.2) is 70.6 Å². The molecule has 2 atom stereocenters. The first-order valence-corrected chi connectivity index (χ1v) is 16.1. The fraction of sp³-hybridized carbons (Fsp3) is 0.417. The lowest BCUT2D eigenvalue weighted by Crippen LogP contribution is -2.51. The van der Waals surface area contributed by atoms with Crippen molar-refractivity contribution in [2.24, 2.45) is 15.7 Å². The van der Waals surface area contributed by atoms with E-state index < -0.39 is 0 Å². The number of ether oxygens (including phenoxy) is 3. The molecular weight excluding hydrogens is 580 g/mol. The van der Waals surface area contributed by atoms with E-state index in [1.54, 1.807) is 14.2 Å². The molecule has 3 heterocycles. The molecular formula is C36H44N6O4. The van der Waals surface area contributed by atoms with Crippen LogP contribution in [-0.4, -0.2) is 105 Å². The zero-order chi connectivity index (χ0) is 32.2. The number of hydrogen-bond acceptors (Lipinski definition) is 7. The van der Waals surface area contributed by atoms with Gasteiger partial charge in [-0.1, -0.05) is 30.3 Å². The first-order valence-electron chi connectivity index (χ1n) is 16.1. The molecule has 3 aromatic carbocycles. The van der Waals surface area contributed by atoms with E-state index >= 15 is 0 Å². The summed E-state index contributed by atoms with van der Waals surface area (Å²) < 4.78 is 17.2.